The summed E-state index contributed by atoms with van der Waals surface area (Å²) in [7, 11) is 0. The molecule has 0 bridgehead atoms. The van der Waals surface area contributed by atoms with Crippen molar-refractivity contribution >= 4 is 32.6 Å². The van der Waals surface area contributed by atoms with E-state index in [1.54, 1.807) is 11.3 Å². The van der Waals surface area contributed by atoms with Crippen LogP contribution in [0.5, 0.6) is 0 Å². The van der Waals surface area contributed by atoms with Crippen LogP contribution in [-0.2, 0) is 17.6 Å². The van der Waals surface area contributed by atoms with Gasteiger partial charge in [-0.15, -0.1) is 0 Å². The van der Waals surface area contributed by atoms with Crippen LogP contribution in [-0.4, -0.2) is 55.2 Å². The number of nitrogens with zero attached hydrogens (tertiary/aromatic N) is 3. The topological polar surface area (TPSA) is 45.7 Å². The molecule has 0 unspecified atom stereocenters. The van der Waals surface area contributed by atoms with Crippen LogP contribution in [0.4, 0.5) is 5.13 Å². The van der Waals surface area contributed by atoms with Crippen LogP contribution in [0.3, 0.4) is 0 Å². The number of rotatable bonds is 5. The number of benzene rings is 2. The maximum atomic E-state index is 13.8. The summed E-state index contributed by atoms with van der Waals surface area (Å²) in [5.41, 5.74) is 6.91. The lowest BCUT2D eigenvalue weighted by Crippen LogP contribution is -2.43. The van der Waals surface area contributed by atoms with Crippen LogP contribution in [0, 0.1) is 13.8 Å². The first kappa shape index (κ1) is 21.6. The smallest absolute Gasteiger partial charge is 0.260 e. The van der Waals surface area contributed by atoms with E-state index in [2.05, 4.69) is 43.0 Å². The largest absolute Gasteiger partial charge is 0.379 e. The molecule has 3 aromatic rings. The van der Waals surface area contributed by atoms with Crippen molar-refractivity contribution < 1.29 is 9.53 Å². The maximum absolute atomic E-state index is 13.8. The Morgan fingerprint density at radius 1 is 1.09 bits per heavy atom. The highest BCUT2D eigenvalue weighted by Crippen LogP contribution is 2.33. The van der Waals surface area contributed by atoms with Crippen molar-refractivity contribution in [2.75, 3.05) is 44.3 Å². The van der Waals surface area contributed by atoms with E-state index in [9.17, 15) is 4.79 Å². The Balaban J connectivity index is 1.47. The number of carbonyl (C=O) groups excluding carboxylic acids is 1. The molecule has 2 heterocycles. The minimum absolute atomic E-state index is 0.0556. The van der Waals surface area contributed by atoms with Crippen LogP contribution in [0.1, 0.15) is 45.5 Å². The van der Waals surface area contributed by atoms with Crippen molar-refractivity contribution in [3.05, 3.63) is 58.1 Å². The van der Waals surface area contributed by atoms with E-state index < -0.39 is 0 Å². The van der Waals surface area contributed by atoms with Crippen molar-refractivity contribution in [1.82, 2.24) is 9.88 Å². The lowest BCUT2D eigenvalue weighted by atomic mass is 9.90. The molecule has 1 amide bonds. The van der Waals surface area contributed by atoms with Gasteiger partial charge >= 0.3 is 0 Å². The van der Waals surface area contributed by atoms with Gasteiger partial charge in [-0.2, -0.15) is 0 Å². The number of aryl methyl sites for hydroxylation is 4. The Bertz CT molecular complexity index is 1130. The summed E-state index contributed by atoms with van der Waals surface area (Å²) in [6, 6.07) is 10.6. The third-order valence-electron chi connectivity index (χ3n) is 6.63. The van der Waals surface area contributed by atoms with Crippen LogP contribution in [0.25, 0.3) is 10.2 Å². The van der Waals surface area contributed by atoms with Crippen LogP contribution in [0.15, 0.2) is 30.3 Å². The molecule has 0 radical (unpaired) electrons. The van der Waals surface area contributed by atoms with E-state index in [-0.39, 0.29) is 5.91 Å². The molecule has 0 spiro atoms. The van der Waals surface area contributed by atoms with Crippen molar-refractivity contribution in [3.63, 3.8) is 0 Å². The van der Waals surface area contributed by atoms with Gasteiger partial charge in [-0.25, -0.2) is 4.98 Å². The van der Waals surface area contributed by atoms with E-state index in [4.69, 9.17) is 9.72 Å². The average Bonchev–Trinajstić information content (AvgIpc) is 3.23. The van der Waals surface area contributed by atoms with Crippen LogP contribution >= 0.6 is 11.3 Å². The number of anilines is 1. The quantitative estimate of drug-likeness (QED) is 0.563. The normalized spacial score (nSPS) is 16.8. The van der Waals surface area contributed by atoms with Gasteiger partial charge in [0.1, 0.15) is 0 Å². The Morgan fingerprint density at radius 2 is 1.88 bits per heavy atom. The molecule has 0 N–H and O–H groups in total. The fraction of sp³-hybridized carbons (Fsp3) is 0.462. The van der Waals surface area contributed by atoms with Gasteiger partial charge in [0.25, 0.3) is 5.91 Å². The van der Waals surface area contributed by atoms with E-state index in [1.165, 1.54) is 29.5 Å². The Labute approximate surface area is 194 Å². The monoisotopic (exact) mass is 449 g/mol. The summed E-state index contributed by atoms with van der Waals surface area (Å²) >= 11 is 1.62. The zero-order chi connectivity index (χ0) is 22.1. The maximum Gasteiger partial charge on any atom is 0.260 e. The number of amides is 1. The molecule has 2 aromatic carbocycles. The Kier molecular flexibility index (Phi) is 6.26. The predicted octanol–water partition coefficient (Wildman–Crippen LogP) is 4.77. The molecule has 32 heavy (non-hydrogen) atoms. The zero-order valence-electron chi connectivity index (χ0n) is 19.0. The third kappa shape index (κ3) is 4.45. The summed E-state index contributed by atoms with van der Waals surface area (Å²) in [5, 5.41) is 0.796. The van der Waals surface area contributed by atoms with Crippen molar-refractivity contribution in [3.8, 4) is 0 Å². The summed E-state index contributed by atoms with van der Waals surface area (Å²) in [5.74, 6) is 0.0556. The van der Waals surface area contributed by atoms with Crippen molar-refractivity contribution in [2.45, 2.75) is 39.5 Å². The standard InChI is InChI=1S/C26H31N3O2S/c1-18-15-19(2)24-23(16-18)32-26(27-24)29(10-9-28-11-13-31-14-12-28)25(30)22-8-7-20-5-3-4-6-21(20)17-22/h7-8,15-17H,3-6,9-14H2,1-2H3. The summed E-state index contributed by atoms with van der Waals surface area (Å²) in [6.45, 7) is 9.03. The molecule has 168 valence electrons. The SMILES string of the molecule is Cc1cc(C)c2nc(N(CCN3CCOCC3)C(=O)c3ccc4c(c3)CCCC4)sc2c1. The molecule has 1 aliphatic heterocycles. The highest BCUT2D eigenvalue weighted by molar-refractivity contribution is 7.22. The molecule has 1 saturated heterocycles. The average molecular weight is 450 g/mol. The summed E-state index contributed by atoms with van der Waals surface area (Å²) in [6.07, 6.45) is 4.66. The third-order valence-corrected chi connectivity index (χ3v) is 7.66. The minimum atomic E-state index is 0.0556. The van der Waals surface area contributed by atoms with Gasteiger partial charge in [-0.1, -0.05) is 23.5 Å². The molecule has 5 nitrogen and oxygen atoms in total. The fourth-order valence-electron chi connectivity index (χ4n) is 4.85. The molecule has 1 fully saturated rings. The zero-order valence-corrected chi connectivity index (χ0v) is 19.8. The van der Waals surface area contributed by atoms with Crippen molar-refractivity contribution in [2.24, 2.45) is 0 Å². The highest BCUT2D eigenvalue weighted by Gasteiger charge is 2.24. The number of hydrogen-bond acceptors (Lipinski definition) is 5. The predicted molar refractivity (Wildman–Crippen MR) is 131 cm³/mol. The molecule has 0 saturated carbocycles. The van der Waals surface area contributed by atoms with Gasteiger partial charge in [-0.05, 0) is 80.0 Å². The number of ether oxygens (including phenoxy) is 1. The lowest BCUT2D eigenvalue weighted by Gasteiger charge is -2.29. The first-order valence-electron chi connectivity index (χ1n) is 11.7. The molecule has 5 rings (SSSR count). The lowest BCUT2D eigenvalue weighted by molar-refractivity contribution is 0.0391. The number of hydrogen-bond donors (Lipinski definition) is 0. The van der Waals surface area contributed by atoms with Gasteiger partial charge in [-0.3, -0.25) is 14.6 Å². The summed E-state index contributed by atoms with van der Waals surface area (Å²) < 4.78 is 6.64. The second-order valence-electron chi connectivity index (χ2n) is 9.03. The molecular weight excluding hydrogens is 418 g/mol. The van der Waals surface area contributed by atoms with Crippen LogP contribution in [0.2, 0.25) is 0 Å². The molecule has 1 aromatic heterocycles. The number of fused-ring (bicyclic) bond motifs is 2. The van der Waals surface area contributed by atoms with Gasteiger partial charge in [0, 0.05) is 31.7 Å². The highest BCUT2D eigenvalue weighted by atomic mass is 32.1. The minimum Gasteiger partial charge on any atom is -0.379 e. The van der Waals surface area contributed by atoms with E-state index in [0.717, 1.165) is 72.2 Å². The van der Waals surface area contributed by atoms with Crippen LogP contribution < -0.4 is 4.90 Å². The molecule has 6 heteroatoms. The van der Waals surface area contributed by atoms with E-state index in [1.807, 2.05) is 11.0 Å². The molecule has 1 aliphatic carbocycles. The second-order valence-corrected chi connectivity index (χ2v) is 10.0. The fourth-order valence-corrected chi connectivity index (χ4v) is 6.01. The first-order valence-corrected chi connectivity index (χ1v) is 12.5. The number of thiazole rings is 1. The van der Waals surface area contributed by atoms with E-state index >= 15 is 0 Å². The Hall–Kier alpha value is -2.28. The van der Waals surface area contributed by atoms with E-state index in [0.29, 0.717) is 6.54 Å². The van der Waals surface area contributed by atoms with Gasteiger partial charge in [0.05, 0.1) is 23.4 Å². The molecule has 0 atom stereocenters. The van der Waals surface area contributed by atoms with Gasteiger partial charge in [0.15, 0.2) is 5.13 Å². The van der Waals surface area contributed by atoms with Gasteiger partial charge < -0.3 is 4.74 Å². The van der Waals surface area contributed by atoms with Crippen molar-refractivity contribution in [1.29, 1.82) is 0 Å². The number of aromatic nitrogens is 1. The van der Waals surface area contributed by atoms with Gasteiger partial charge in [0.2, 0.25) is 0 Å². The Morgan fingerprint density at radius 3 is 2.69 bits per heavy atom. The number of carbonyl (C=O) groups is 1. The molecule has 2 aliphatic rings. The summed E-state index contributed by atoms with van der Waals surface area (Å²) in [4.78, 5) is 23.0. The first-order chi connectivity index (χ1) is 15.6. The second kappa shape index (κ2) is 9.30. The number of morpholine rings is 1. The molecular formula is C26H31N3O2S.